The molecule has 0 unspecified atom stereocenters. The number of aryl methyl sites for hydroxylation is 1. The molecular weight excluding hydrogens is 192 g/mol. The number of fused-ring (bicyclic) bond motifs is 2. The Kier molecular flexibility index (Phi) is 2.18. The molecule has 0 amide bonds. The highest BCUT2D eigenvalue weighted by Crippen LogP contribution is 2.52. The first-order valence-electron chi connectivity index (χ1n) is 6.70. The minimum absolute atomic E-state index is 0.562. The average molecular weight is 214 g/mol. The van der Waals surface area contributed by atoms with Crippen molar-refractivity contribution in [2.45, 2.75) is 57.8 Å². The largest absolute Gasteiger partial charge is 0.0620 e. The van der Waals surface area contributed by atoms with Gasteiger partial charge in [0.15, 0.2) is 0 Å². The summed E-state index contributed by atoms with van der Waals surface area (Å²) in [5.74, 6) is 0. The molecule has 0 heterocycles. The van der Waals surface area contributed by atoms with E-state index < -0.39 is 0 Å². The second-order valence-electron chi connectivity index (χ2n) is 6.60. The summed E-state index contributed by atoms with van der Waals surface area (Å²) in [6, 6.07) is 9.15. The van der Waals surface area contributed by atoms with Gasteiger partial charge in [-0.2, -0.15) is 0 Å². The number of benzene rings is 1. The molecule has 0 atom stereocenters. The molecule has 0 aliphatic heterocycles. The lowest BCUT2D eigenvalue weighted by Crippen LogP contribution is -2.32. The Morgan fingerprint density at radius 2 is 1.56 bits per heavy atom. The van der Waals surface area contributed by atoms with Crippen molar-refractivity contribution in [1.29, 1.82) is 0 Å². The Labute approximate surface area is 99.1 Å². The predicted octanol–water partition coefficient (Wildman–Crippen LogP) is 4.47. The molecule has 0 saturated heterocycles. The Hall–Kier alpha value is -0.780. The second kappa shape index (κ2) is 3.35. The third-order valence-corrected chi connectivity index (χ3v) is 5.02. The van der Waals surface area contributed by atoms with Gasteiger partial charge in [-0.15, -0.1) is 0 Å². The average Bonchev–Trinajstić information content (AvgIpc) is 2.64. The van der Waals surface area contributed by atoms with Gasteiger partial charge in [0.1, 0.15) is 0 Å². The van der Waals surface area contributed by atoms with Crippen LogP contribution in [-0.4, -0.2) is 0 Å². The van der Waals surface area contributed by atoms with Crippen molar-refractivity contribution < 1.29 is 0 Å². The minimum atomic E-state index is 0.562. The molecule has 1 saturated carbocycles. The summed E-state index contributed by atoms with van der Waals surface area (Å²) in [5, 5.41) is 0. The molecule has 0 heteroatoms. The van der Waals surface area contributed by atoms with Crippen molar-refractivity contribution in [2.24, 2.45) is 5.41 Å². The molecule has 0 N–H and O–H groups in total. The zero-order chi connectivity index (χ0) is 11.2. The summed E-state index contributed by atoms with van der Waals surface area (Å²) in [6.45, 7) is 4.86. The van der Waals surface area contributed by atoms with E-state index >= 15 is 0 Å². The first-order valence-corrected chi connectivity index (χ1v) is 6.70. The van der Waals surface area contributed by atoms with E-state index in [0.29, 0.717) is 10.8 Å². The van der Waals surface area contributed by atoms with Crippen molar-refractivity contribution in [2.75, 3.05) is 0 Å². The molecule has 1 fully saturated rings. The monoisotopic (exact) mass is 214 g/mol. The Morgan fingerprint density at radius 1 is 0.875 bits per heavy atom. The van der Waals surface area contributed by atoms with E-state index in [9.17, 15) is 0 Å². The van der Waals surface area contributed by atoms with Crippen LogP contribution >= 0.6 is 0 Å². The van der Waals surface area contributed by atoms with Crippen LogP contribution in [0.25, 0.3) is 0 Å². The topological polar surface area (TPSA) is 0 Å². The maximum Gasteiger partial charge on any atom is -0.00407 e. The summed E-state index contributed by atoms with van der Waals surface area (Å²) >= 11 is 0. The maximum absolute atomic E-state index is 2.43. The third-order valence-electron chi connectivity index (χ3n) is 5.02. The molecule has 3 rings (SSSR count). The molecule has 0 nitrogen and oxygen atoms in total. The summed E-state index contributed by atoms with van der Waals surface area (Å²) < 4.78 is 0. The van der Waals surface area contributed by atoms with E-state index in [4.69, 9.17) is 0 Å². The van der Waals surface area contributed by atoms with Crippen LogP contribution in [0.4, 0.5) is 0 Å². The lowest BCUT2D eigenvalue weighted by atomic mass is 9.63. The van der Waals surface area contributed by atoms with E-state index in [1.54, 1.807) is 11.1 Å². The molecule has 0 aromatic heterocycles. The molecule has 0 radical (unpaired) electrons. The van der Waals surface area contributed by atoms with Crippen molar-refractivity contribution in [3.63, 3.8) is 0 Å². The van der Waals surface area contributed by atoms with Crippen molar-refractivity contribution in [3.8, 4) is 0 Å². The SMILES string of the molecule is CC1(C)CCC2(CCc3ccccc32)CC1. The Balaban J connectivity index is 1.92. The fourth-order valence-electron chi connectivity index (χ4n) is 3.69. The predicted molar refractivity (Wildman–Crippen MR) is 68.7 cm³/mol. The number of hydrogen-bond acceptors (Lipinski definition) is 0. The molecule has 86 valence electrons. The Bertz CT molecular complexity index is 390. The van der Waals surface area contributed by atoms with Gasteiger partial charge in [-0.1, -0.05) is 38.1 Å². The van der Waals surface area contributed by atoms with Gasteiger partial charge in [-0.25, -0.2) is 0 Å². The summed E-state index contributed by atoms with van der Waals surface area (Å²) in [6.07, 6.45) is 8.36. The fourth-order valence-corrected chi connectivity index (χ4v) is 3.69. The van der Waals surface area contributed by atoms with E-state index in [0.717, 1.165) is 0 Å². The van der Waals surface area contributed by atoms with Gasteiger partial charge >= 0.3 is 0 Å². The Morgan fingerprint density at radius 3 is 2.31 bits per heavy atom. The lowest BCUT2D eigenvalue weighted by molar-refractivity contribution is 0.162. The van der Waals surface area contributed by atoms with Crippen LogP contribution in [0.1, 0.15) is 57.1 Å². The first-order chi connectivity index (χ1) is 7.61. The van der Waals surface area contributed by atoms with Crippen molar-refractivity contribution >= 4 is 0 Å². The number of hydrogen-bond donors (Lipinski definition) is 0. The van der Waals surface area contributed by atoms with Crippen LogP contribution in [-0.2, 0) is 11.8 Å². The standard InChI is InChI=1S/C16H22/c1-15(2)9-11-16(12-10-15)8-7-13-5-3-4-6-14(13)16/h3-6H,7-12H2,1-2H3. The van der Waals surface area contributed by atoms with E-state index in [2.05, 4.69) is 38.1 Å². The normalized spacial score (nSPS) is 25.6. The highest BCUT2D eigenvalue weighted by Gasteiger charge is 2.42. The van der Waals surface area contributed by atoms with Gasteiger partial charge in [0.05, 0.1) is 0 Å². The molecule has 1 aromatic rings. The van der Waals surface area contributed by atoms with Crippen LogP contribution in [0.3, 0.4) is 0 Å². The van der Waals surface area contributed by atoms with Gasteiger partial charge in [-0.3, -0.25) is 0 Å². The summed E-state index contributed by atoms with van der Waals surface area (Å²) in [5.41, 5.74) is 4.46. The van der Waals surface area contributed by atoms with Gasteiger partial charge in [-0.05, 0) is 60.5 Å². The van der Waals surface area contributed by atoms with Crippen LogP contribution < -0.4 is 0 Å². The summed E-state index contributed by atoms with van der Waals surface area (Å²) in [4.78, 5) is 0. The quantitative estimate of drug-likeness (QED) is 0.597. The maximum atomic E-state index is 2.43. The molecule has 2 aliphatic rings. The van der Waals surface area contributed by atoms with E-state index in [-0.39, 0.29) is 0 Å². The smallest absolute Gasteiger partial charge is 0.00407 e. The van der Waals surface area contributed by atoms with Crippen LogP contribution in [0.5, 0.6) is 0 Å². The molecule has 16 heavy (non-hydrogen) atoms. The zero-order valence-electron chi connectivity index (χ0n) is 10.6. The highest BCUT2D eigenvalue weighted by atomic mass is 14.5. The van der Waals surface area contributed by atoms with Crippen molar-refractivity contribution in [3.05, 3.63) is 35.4 Å². The summed E-state index contributed by atoms with van der Waals surface area (Å²) in [7, 11) is 0. The van der Waals surface area contributed by atoms with Crippen LogP contribution in [0.15, 0.2) is 24.3 Å². The van der Waals surface area contributed by atoms with E-state index in [1.807, 2.05) is 0 Å². The first kappa shape index (κ1) is 10.4. The highest BCUT2D eigenvalue weighted by molar-refractivity contribution is 5.39. The lowest BCUT2D eigenvalue weighted by Gasteiger charge is -2.42. The minimum Gasteiger partial charge on any atom is -0.0620 e. The van der Waals surface area contributed by atoms with Gasteiger partial charge in [0.25, 0.3) is 0 Å². The molecule has 0 bridgehead atoms. The van der Waals surface area contributed by atoms with Gasteiger partial charge in [0.2, 0.25) is 0 Å². The van der Waals surface area contributed by atoms with Crippen molar-refractivity contribution in [1.82, 2.24) is 0 Å². The van der Waals surface area contributed by atoms with Gasteiger partial charge in [0, 0.05) is 0 Å². The number of rotatable bonds is 0. The van der Waals surface area contributed by atoms with Crippen LogP contribution in [0.2, 0.25) is 0 Å². The van der Waals surface area contributed by atoms with Gasteiger partial charge < -0.3 is 0 Å². The molecular formula is C16H22. The molecule has 2 aliphatic carbocycles. The molecule has 1 aromatic carbocycles. The zero-order valence-corrected chi connectivity index (χ0v) is 10.6. The molecule has 1 spiro atoms. The third kappa shape index (κ3) is 1.50. The second-order valence-corrected chi connectivity index (χ2v) is 6.60. The fraction of sp³-hybridized carbons (Fsp3) is 0.625. The van der Waals surface area contributed by atoms with E-state index in [1.165, 1.54) is 38.5 Å². The van der Waals surface area contributed by atoms with Crippen LogP contribution in [0, 0.1) is 5.41 Å².